The molecule has 3 aliphatic rings. The van der Waals surface area contributed by atoms with Gasteiger partial charge in [-0.2, -0.15) is 0 Å². The number of hydrogen-bond donors (Lipinski definition) is 5. The lowest BCUT2D eigenvalue weighted by atomic mass is 9.96. The average Bonchev–Trinajstić information content (AvgIpc) is 4.13. The molecule has 1 amide bonds. The maximum absolute atomic E-state index is 13.3. The fourth-order valence-corrected chi connectivity index (χ4v) is 7.75. The van der Waals surface area contributed by atoms with Gasteiger partial charge in [0.15, 0.2) is 6.10 Å². The van der Waals surface area contributed by atoms with Gasteiger partial charge in [-0.05, 0) is 98.6 Å². The number of carbonyl (C=O) groups excluding carboxylic acids is 1. The van der Waals surface area contributed by atoms with Crippen LogP contribution in [0.5, 0.6) is 5.75 Å². The zero-order valence-corrected chi connectivity index (χ0v) is 30.8. The Bertz CT molecular complexity index is 1630. The monoisotopic (exact) mass is 756 g/mol. The van der Waals surface area contributed by atoms with Crippen molar-refractivity contribution in [2.75, 3.05) is 32.1 Å². The molecule has 1 aliphatic heterocycles. The number of hydrogen-bond acceptors (Lipinski definition) is 11. The number of halogens is 1. The Hall–Kier alpha value is -2.78. The molecule has 52 heavy (non-hydrogen) atoms. The van der Waals surface area contributed by atoms with Crippen LogP contribution in [0.2, 0.25) is 5.02 Å². The molecule has 1 aromatic heterocycles. The molecule has 2 heterocycles. The van der Waals surface area contributed by atoms with Gasteiger partial charge < -0.3 is 44.6 Å². The predicted octanol–water partition coefficient (Wildman–Crippen LogP) is 4.46. The van der Waals surface area contributed by atoms with Gasteiger partial charge >= 0.3 is 0 Å². The lowest BCUT2D eigenvalue weighted by Gasteiger charge is -2.37. The van der Waals surface area contributed by atoms with Gasteiger partial charge in [-0.3, -0.25) is 9.78 Å². The van der Waals surface area contributed by atoms with Crippen molar-refractivity contribution in [1.29, 1.82) is 0 Å². The Morgan fingerprint density at radius 1 is 1.00 bits per heavy atom. The van der Waals surface area contributed by atoms with Crippen LogP contribution in [-0.2, 0) is 26.5 Å². The topological polar surface area (TPSA) is 162 Å². The molecule has 3 aromatic rings. The molecule has 0 unspecified atom stereocenters. The molecule has 2 saturated carbocycles. The number of aromatic nitrogens is 1. The van der Waals surface area contributed by atoms with Gasteiger partial charge in [-0.1, -0.05) is 29.8 Å². The van der Waals surface area contributed by atoms with Gasteiger partial charge in [-0.15, -0.1) is 11.8 Å². The van der Waals surface area contributed by atoms with Crippen molar-refractivity contribution in [3.8, 4) is 16.9 Å². The molecule has 13 heteroatoms. The number of amides is 1. The van der Waals surface area contributed by atoms with Crippen molar-refractivity contribution >= 4 is 29.3 Å². The molecule has 3 fully saturated rings. The lowest BCUT2D eigenvalue weighted by Crippen LogP contribution is -2.55. The smallest absolute Gasteiger partial charge is 0.254 e. The molecule has 1 saturated heterocycles. The molecule has 2 aliphatic carbocycles. The minimum absolute atomic E-state index is 0.183. The number of thioether (sulfide) groups is 1. The van der Waals surface area contributed by atoms with Crippen LogP contribution in [0.3, 0.4) is 0 Å². The zero-order valence-electron chi connectivity index (χ0n) is 29.2. The van der Waals surface area contributed by atoms with E-state index in [4.69, 9.17) is 30.9 Å². The van der Waals surface area contributed by atoms with Crippen molar-refractivity contribution in [3.63, 3.8) is 0 Å². The van der Waals surface area contributed by atoms with E-state index in [1.165, 1.54) is 0 Å². The first-order valence-electron chi connectivity index (χ1n) is 18.2. The van der Waals surface area contributed by atoms with Crippen LogP contribution in [0.1, 0.15) is 62.5 Å². The highest BCUT2D eigenvalue weighted by Gasteiger charge is 2.48. The highest BCUT2D eigenvalue weighted by atomic mass is 35.5. The molecular weight excluding hydrogens is 708 g/mol. The van der Waals surface area contributed by atoms with Crippen LogP contribution >= 0.6 is 23.4 Å². The summed E-state index contributed by atoms with van der Waals surface area (Å²) >= 11 is 8.34. The van der Waals surface area contributed by atoms with Crippen molar-refractivity contribution in [2.24, 2.45) is 0 Å². The molecule has 0 radical (unpaired) electrons. The van der Waals surface area contributed by atoms with E-state index in [2.05, 4.69) is 17.1 Å². The van der Waals surface area contributed by atoms with Crippen molar-refractivity contribution in [1.82, 2.24) is 9.88 Å². The van der Waals surface area contributed by atoms with Crippen molar-refractivity contribution in [3.05, 3.63) is 77.1 Å². The number of carbonyl (C=O) groups is 1. The molecule has 5 N–H and O–H groups in total. The lowest BCUT2D eigenvalue weighted by molar-refractivity contribution is -0.162. The number of nitrogens with zero attached hydrogens (tertiary/aromatic N) is 2. The molecule has 0 spiro atoms. The Balaban J connectivity index is 1.04. The van der Waals surface area contributed by atoms with Gasteiger partial charge in [-0.25, -0.2) is 0 Å². The number of unbranched alkanes of at least 4 members (excludes halogenated alkanes) is 1. The molecule has 282 valence electrons. The number of ether oxygens (including phenoxy) is 3. The van der Waals surface area contributed by atoms with Gasteiger partial charge in [0.1, 0.15) is 24.1 Å². The SMILES string of the molecule is O=C([C@@H](O)[C@@H](O)[C@H](O)[C@@H](O)CO)N(CCCCSc1ccc(Cl)c(COC2(c3cnccc3-c3ccccc3OC3CC3)CC2)c1)C1CCOCC1. The first-order chi connectivity index (χ1) is 25.2. The molecule has 4 atom stereocenters. The van der Waals surface area contributed by atoms with E-state index in [0.717, 1.165) is 70.8 Å². The van der Waals surface area contributed by atoms with Crippen LogP contribution in [0.4, 0.5) is 0 Å². The Labute approximate surface area is 313 Å². The second kappa shape index (κ2) is 18.0. The summed E-state index contributed by atoms with van der Waals surface area (Å²) in [6.45, 7) is 0.835. The van der Waals surface area contributed by atoms with E-state index in [1.807, 2.05) is 48.8 Å². The first kappa shape index (κ1) is 38.9. The summed E-state index contributed by atoms with van der Waals surface area (Å²) in [6, 6.07) is 16.0. The fourth-order valence-electron chi connectivity index (χ4n) is 6.60. The molecule has 11 nitrogen and oxygen atoms in total. The number of para-hydroxylation sites is 1. The first-order valence-corrected chi connectivity index (χ1v) is 19.5. The molecule has 0 bridgehead atoms. The van der Waals surface area contributed by atoms with Crippen LogP contribution in [0.15, 0.2) is 65.8 Å². The van der Waals surface area contributed by atoms with Crippen LogP contribution in [0, 0.1) is 0 Å². The number of aliphatic hydroxyl groups excluding tert-OH is 5. The normalized spacial score (nSPS) is 19.4. The third-order valence-corrected chi connectivity index (χ3v) is 11.5. The second-order valence-electron chi connectivity index (χ2n) is 13.9. The summed E-state index contributed by atoms with van der Waals surface area (Å²) in [5.74, 6) is 0.937. The van der Waals surface area contributed by atoms with E-state index in [0.29, 0.717) is 50.7 Å². The van der Waals surface area contributed by atoms with E-state index in [9.17, 15) is 25.2 Å². The predicted molar refractivity (Wildman–Crippen MR) is 197 cm³/mol. The summed E-state index contributed by atoms with van der Waals surface area (Å²) in [5, 5.41) is 50.5. The standard InChI is InChI=1S/C39H49ClN2O9S/c40-32-10-9-28(52-20-4-3-17-42(26-12-18-49-19-13-26)38(48)37(47)36(46)35(45)33(44)23-43)21-25(32)24-50-39(14-15-39)31-22-41-16-11-29(31)30-5-1-2-6-34(30)51-27-7-8-27/h1-2,5-6,9-11,16,21-22,26-27,33,35-37,43-47H,3-4,7-8,12-15,17-20,23-24H2/t33-,35+,36-,37-/m0/s1. The number of rotatable bonds is 19. The summed E-state index contributed by atoms with van der Waals surface area (Å²) in [6.07, 6.45) is 3.11. The van der Waals surface area contributed by atoms with Crippen molar-refractivity contribution in [2.45, 2.75) is 105 Å². The largest absolute Gasteiger partial charge is 0.490 e. The molecule has 2 aromatic carbocycles. The summed E-state index contributed by atoms with van der Waals surface area (Å²) < 4.78 is 18.4. The molecular formula is C39H49ClN2O9S. The van der Waals surface area contributed by atoms with E-state index < -0.39 is 42.5 Å². The van der Waals surface area contributed by atoms with Gasteiger partial charge in [0.25, 0.3) is 5.91 Å². The van der Waals surface area contributed by atoms with Gasteiger partial charge in [0, 0.05) is 59.2 Å². The number of pyridine rings is 1. The van der Waals surface area contributed by atoms with Crippen LogP contribution < -0.4 is 4.74 Å². The average molecular weight is 757 g/mol. The maximum atomic E-state index is 13.3. The number of aliphatic hydroxyl groups is 5. The minimum Gasteiger partial charge on any atom is -0.490 e. The summed E-state index contributed by atoms with van der Waals surface area (Å²) in [4.78, 5) is 20.4. The summed E-state index contributed by atoms with van der Waals surface area (Å²) in [7, 11) is 0. The van der Waals surface area contributed by atoms with E-state index >= 15 is 0 Å². The Morgan fingerprint density at radius 2 is 1.77 bits per heavy atom. The number of benzene rings is 2. The summed E-state index contributed by atoms with van der Waals surface area (Å²) in [5.41, 5.74) is 3.62. The zero-order chi connectivity index (χ0) is 36.7. The maximum Gasteiger partial charge on any atom is 0.254 e. The van der Waals surface area contributed by atoms with Crippen LogP contribution in [0.25, 0.3) is 11.1 Å². The highest BCUT2D eigenvalue weighted by molar-refractivity contribution is 7.99. The quantitative estimate of drug-likeness (QED) is 0.0868. The molecule has 6 rings (SSSR count). The fraction of sp³-hybridized carbons (Fsp3) is 0.538. The van der Waals surface area contributed by atoms with E-state index in [1.54, 1.807) is 16.7 Å². The van der Waals surface area contributed by atoms with Gasteiger partial charge in [0.2, 0.25) is 0 Å². The Kier molecular flexibility index (Phi) is 13.5. The third-order valence-electron chi connectivity index (χ3n) is 10.0. The second-order valence-corrected chi connectivity index (χ2v) is 15.5. The minimum atomic E-state index is -1.94. The van der Waals surface area contributed by atoms with Gasteiger partial charge in [0.05, 0.1) is 24.9 Å². The highest BCUT2D eigenvalue weighted by Crippen LogP contribution is 2.53. The van der Waals surface area contributed by atoms with E-state index in [-0.39, 0.29) is 12.1 Å². The third kappa shape index (κ3) is 9.65. The van der Waals surface area contributed by atoms with Crippen LogP contribution in [-0.4, -0.2) is 110 Å². The Morgan fingerprint density at radius 3 is 2.50 bits per heavy atom. The van der Waals surface area contributed by atoms with Crippen molar-refractivity contribution < 1.29 is 44.5 Å².